The van der Waals surface area contributed by atoms with E-state index in [1.54, 1.807) is 4.68 Å². The normalized spacial score (nSPS) is 14.0. The third-order valence-corrected chi connectivity index (χ3v) is 8.50. The van der Waals surface area contributed by atoms with Crippen LogP contribution in [0.3, 0.4) is 0 Å². The molecule has 0 saturated heterocycles. The van der Waals surface area contributed by atoms with Crippen molar-refractivity contribution < 1.29 is 14.3 Å². The van der Waals surface area contributed by atoms with Crippen molar-refractivity contribution in [3.05, 3.63) is 136 Å². The number of rotatable bonds is 11. The number of carbonyl (C=O) groups is 1. The molecule has 5 aromatic rings. The summed E-state index contributed by atoms with van der Waals surface area (Å²) in [5, 5.41) is 12.5. The number of allylic oxidation sites excluding steroid dienone is 1. The maximum Gasteiger partial charge on any atom is 0.255 e. The van der Waals surface area contributed by atoms with E-state index in [-0.39, 0.29) is 5.91 Å². The number of benzene rings is 4. The Morgan fingerprint density at radius 1 is 0.956 bits per heavy atom. The lowest BCUT2D eigenvalue weighted by Crippen LogP contribution is -2.31. The Morgan fingerprint density at radius 2 is 1.69 bits per heavy atom. The number of anilines is 2. The Bertz CT molecular complexity index is 1830. The second-order valence-electron chi connectivity index (χ2n) is 10.3. The number of para-hydroxylation sites is 1. The number of aromatic nitrogens is 3. The largest absolute Gasteiger partial charge is 0.490 e. The van der Waals surface area contributed by atoms with Crippen molar-refractivity contribution in [1.82, 2.24) is 14.8 Å². The van der Waals surface area contributed by atoms with Crippen LogP contribution in [0.5, 0.6) is 11.5 Å². The number of thioether (sulfide) groups is 1. The van der Waals surface area contributed by atoms with Crippen molar-refractivity contribution in [2.24, 2.45) is 0 Å². The molecular formula is C35H32ClN5O3S. The van der Waals surface area contributed by atoms with Gasteiger partial charge < -0.3 is 20.1 Å². The lowest BCUT2D eigenvalue weighted by atomic mass is 9.94. The summed E-state index contributed by atoms with van der Waals surface area (Å²) in [6.45, 7) is 4.66. The van der Waals surface area contributed by atoms with E-state index in [0.29, 0.717) is 63.6 Å². The van der Waals surface area contributed by atoms with E-state index >= 15 is 0 Å². The Balaban J connectivity index is 1.36. The van der Waals surface area contributed by atoms with Gasteiger partial charge in [0.1, 0.15) is 12.6 Å². The smallest absolute Gasteiger partial charge is 0.255 e. The molecule has 4 aromatic carbocycles. The lowest BCUT2D eigenvalue weighted by Gasteiger charge is -2.29. The standard InChI is InChI=1S/C35H32ClN5O3S/c1-3-43-30-20-25(18-19-29(30)44-21-24-12-6-4-7-13-24)32-31(33(42)38-27-15-8-5-9-16-27)23(2)37-34-39-35(40-41(32)34)45-22-26-14-10-11-17-28(26)36/h4-20,32H,3,21-22H2,1-2H3,(H,38,42)(H,37,39,40). The molecule has 0 aliphatic carbocycles. The first-order valence-corrected chi connectivity index (χ1v) is 16.0. The Morgan fingerprint density at radius 3 is 2.44 bits per heavy atom. The molecule has 45 heavy (non-hydrogen) atoms. The van der Waals surface area contributed by atoms with E-state index in [4.69, 9.17) is 31.2 Å². The molecule has 1 amide bonds. The first-order valence-electron chi connectivity index (χ1n) is 14.6. The van der Waals surface area contributed by atoms with Crippen LogP contribution in [0.1, 0.15) is 36.6 Å². The highest BCUT2D eigenvalue weighted by Crippen LogP contribution is 2.40. The minimum Gasteiger partial charge on any atom is -0.490 e. The maximum atomic E-state index is 13.9. The third kappa shape index (κ3) is 7.00. The summed E-state index contributed by atoms with van der Waals surface area (Å²) in [6, 6.07) is 32.2. The lowest BCUT2D eigenvalue weighted by molar-refractivity contribution is -0.113. The van der Waals surface area contributed by atoms with Crippen LogP contribution in [-0.2, 0) is 17.2 Å². The number of nitrogens with one attached hydrogen (secondary N) is 2. The van der Waals surface area contributed by atoms with Crippen molar-refractivity contribution in [1.29, 1.82) is 0 Å². The molecule has 0 saturated carbocycles. The predicted molar refractivity (Wildman–Crippen MR) is 179 cm³/mol. The minimum atomic E-state index is -0.588. The number of amides is 1. The van der Waals surface area contributed by atoms with Gasteiger partial charge in [-0.1, -0.05) is 96.2 Å². The minimum absolute atomic E-state index is 0.245. The average molecular weight is 638 g/mol. The van der Waals surface area contributed by atoms with Gasteiger partial charge in [0.05, 0.1) is 12.2 Å². The van der Waals surface area contributed by atoms with Crippen LogP contribution in [0.15, 0.2) is 120 Å². The summed E-state index contributed by atoms with van der Waals surface area (Å²) in [5.41, 5.74) is 4.73. The topological polar surface area (TPSA) is 90.3 Å². The van der Waals surface area contributed by atoms with Gasteiger partial charge in [0, 0.05) is 22.2 Å². The second kappa shape index (κ2) is 13.9. The van der Waals surface area contributed by atoms with Gasteiger partial charge in [-0.3, -0.25) is 4.79 Å². The van der Waals surface area contributed by atoms with Crippen molar-refractivity contribution in [2.75, 3.05) is 17.2 Å². The summed E-state index contributed by atoms with van der Waals surface area (Å²) in [5.74, 6) is 2.09. The van der Waals surface area contributed by atoms with Crippen LogP contribution < -0.4 is 20.1 Å². The molecule has 1 aromatic heterocycles. The van der Waals surface area contributed by atoms with Crippen LogP contribution in [-0.4, -0.2) is 27.3 Å². The number of hydrogen-bond donors (Lipinski definition) is 2. The van der Waals surface area contributed by atoms with Gasteiger partial charge in [-0.15, -0.1) is 5.10 Å². The van der Waals surface area contributed by atoms with E-state index in [9.17, 15) is 4.79 Å². The van der Waals surface area contributed by atoms with E-state index in [0.717, 1.165) is 16.7 Å². The molecule has 1 aliphatic heterocycles. The molecule has 0 fully saturated rings. The second-order valence-corrected chi connectivity index (χ2v) is 11.7. The molecule has 1 unspecified atom stereocenters. The summed E-state index contributed by atoms with van der Waals surface area (Å²) in [6.07, 6.45) is 0. The first-order chi connectivity index (χ1) is 22.0. The number of halogens is 1. The summed E-state index contributed by atoms with van der Waals surface area (Å²) >= 11 is 7.88. The predicted octanol–water partition coefficient (Wildman–Crippen LogP) is 8.13. The van der Waals surface area contributed by atoms with Crippen molar-refractivity contribution in [2.45, 2.75) is 37.4 Å². The fourth-order valence-electron chi connectivity index (χ4n) is 5.09. The molecule has 1 atom stereocenters. The van der Waals surface area contributed by atoms with Gasteiger partial charge >= 0.3 is 0 Å². The van der Waals surface area contributed by atoms with Crippen molar-refractivity contribution in [3.63, 3.8) is 0 Å². The fraction of sp³-hybridized carbons (Fsp3) is 0.171. The molecule has 8 nitrogen and oxygen atoms in total. The van der Waals surface area contributed by atoms with E-state index in [1.165, 1.54) is 11.8 Å². The number of hydrogen-bond acceptors (Lipinski definition) is 7. The van der Waals surface area contributed by atoms with Crippen molar-refractivity contribution >= 4 is 40.9 Å². The average Bonchev–Trinajstić information content (AvgIpc) is 3.46. The molecule has 0 spiro atoms. The van der Waals surface area contributed by atoms with Crippen LogP contribution in [0.4, 0.5) is 11.6 Å². The van der Waals surface area contributed by atoms with Gasteiger partial charge in [-0.25, -0.2) is 4.68 Å². The monoisotopic (exact) mass is 637 g/mol. The molecule has 0 radical (unpaired) electrons. The highest BCUT2D eigenvalue weighted by molar-refractivity contribution is 7.98. The molecule has 2 N–H and O–H groups in total. The fourth-order valence-corrected chi connectivity index (χ4v) is 6.20. The molecule has 6 rings (SSSR count). The number of ether oxygens (including phenoxy) is 2. The molecular weight excluding hydrogens is 606 g/mol. The van der Waals surface area contributed by atoms with Crippen LogP contribution in [0, 0.1) is 0 Å². The van der Waals surface area contributed by atoms with Crippen LogP contribution >= 0.6 is 23.4 Å². The number of nitrogens with zero attached hydrogens (tertiary/aromatic N) is 3. The summed E-state index contributed by atoms with van der Waals surface area (Å²) in [7, 11) is 0. The van der Waals surface area contributed by atoms with Gasteiger partial charge in [0.25, 0.3) is 5.91 Å². The van der Waals surface area contributed by atoms with E-state index in [1.807, 2.05) is 117 Å². The van der Waals surface area contributed by atoms with E-state index in [2.05, 4.69) is 10.6 Å². The Kier molecular flexibility index (Phi) is 9.38. The maximum absolute atomic E-state index is 13.9. The zero-order valence-electron chi connectivity index (χ0n) is 24.9. The summed E-state index contributed by atoms with van der Waals surface area (Å²) in [4.78, 5) is 18.7. The van der Waals surface area contributed by atoms with Gasteiger partial charge in [-0.05, 0) is 60.9 Å². The van der Waals surface area contributed by atoms with Gasteiger partial charge in [0.2, 0.25) is 11.1 Å². The van der Waals surface area contributed by atoms with Gasteiger partial charge in [-0.2, -0.15) is 4.98 Å². The molecule has 1 aliphatic rings. The van der Waals surface area contributed by atoms with E-state index < -0.39 is 6.04 Å². The first kappa shape index (κ1) is 30.3. The Labute approximate surface area is 271 Å². The quantitative estimate of drug-likeness (QED) is 0.141. The highest BCUT2D eigenvalue weighted by atomic mass is 35.5. The number of fused-ring (bicyclic) bond motifs is 1. The summed E-state index contributed by atoms with van der Waals surface area (Å²) < 4.78 is 14.0. The Hall–Kier alpha value is -4.73. The van der Waals surface area contributed by atoms with Crippen molar-refractivity contribution in [3.8, 4) is 11.5 Å². The SMILES string of the molecule is CCOc1cc(C2C(C(=O)Nc3ccccc3)=C(C)Nc3nc(SCc4ccccc4Cl)nn32)ccc1OCc1ccccc1. The molecule has 2 heterocycles. The van der Waals surface area contributed by atoms with Crippen LogP contribution in [0.25, 0.3) is 0 Å². The molecule has 10 heteroatoms. The highest BCUT2D eigenvalue weighted by Gasteiger charge is 2.35. The molecule has 0 bridgehead atoms. The zero-order valence-corrected chi connectivity index (χ0v) is 26.4. The van der Waals surface area contributed by atoms with Gasteiger partial charge in [0.15, 0.2) is 11.5 Å². The zero-order chi connectivity index (χ0) is 31.2. The molecule has 228 valence electrons. The number of carbonyl (C=O) groups excluding carboxylic acids is 1. The third-order valence-electron chi connectivity index (χ3n) is 7.24. The van der Waals surface area contributed by atoms with Crippen LogP contribution in [0.2, 0.25) is 5.02 Å².